The first-order chi connectivity index (χ1) is 9.22. The number of rotatable bonds is 6. The van der Waals surface area contributed by atoms with Gasteiger partial charge in [-0.1, -0.05) is 25.1 Å². The summed E-state index contributed by atoms with van der Waals surface area (Å²) in [5.74, 6) is 0.178. The molecule has 0 spiro atoms. The fourth-order valence-electron chi connectivity index (χ4n) is 2.76. The third kappa shape index (κ3) is 3.49. The molecule has 1 aliphatic rings. The van der Waals surface area contributed by atoms with E-state index < -0.39 is 0 Å². The molecule has 0 bridgehead atoms. The zero-order valence-electron chi connectivity index (χ0n) is 12.0. The maximum absolute atomic E-state index is 11.4. The van der Waals surface area contributed by atoms with Crippen LogP contribution in [0.5, 0.6) is 0 Å². The van der Waals surface area contributed by atoms with Gasteiger partial charge in [-0.3, -0.25) is 4.79 Å². The van der Waals surface area contributed by atoms with Gasteiger partial charge in [0.05, 0.1) is 0 Å². The van der Waals surface area contributed by atoms with Crippen molar-refractivity contribution >= 4 is 11.6 Å². The number of benzene rings is 1. The molecule has 3 nitrogen and oxygen atoms in total. The van der Waals surface area contributed by atoms with Gasteiger partial charge in [-0.2, -0.15) is 0 Å². The van der Waals surface area contributed by atoms with Gasteiger partial charge in [0.25, 0.3) is 0 Å². The van der Waals surface area contributed by atoms with E-state index in [9.17, 15) is 4.79 Å². The number of nitrogens with zero attached hydrogens (tertiary/aromatic N) is 1. The molecule has 0 aliphatic carbocycles. The minimum Gasteiger partial charge on any atom is -0.368 e. The maximum atomic E-state index is 11.4. The summed E-state index contributed by atoms with van der Waals surface area (Å²) in [4.78, 5) is 13.8. The van der Waals surface area contributed by atoms with Crippen molar-refractivity contribution in [3.8, 4) is 0 Å². The summed E-state index contributed by atoms with van der Waals surface area (Å²) in [6.45, 7) is 6.10. The zero-order chi connectivity index (χ0) is 13.7. The highest BCUT2D eigenvalue weighted by Gasteiger charge is 2.24. The number of para-hydroxylation sites is 1. The molecule has 1 amide bonds. The van der Waals surface area contributed by atoms with Gasteiger partial charge in [-0.25, -0.2) is 0 Å². The summed E-state index contributed by atoms with van der Waals surface area (Å²) in [7, 11) is 0. The molecule has 1 aromatic rings. The van der Waals surface area contributed by atoms with E-state index in [0.717, 1.165) is 32.4 Å². The Bertz CT molecular complexity index is 431. The second kappa shape index (κ2) is 6.60. The molecule has 2 rings (SSSR count). The van der Waals surface area contributed by atoms with Crippen LogP contribution in [0.4, 0.5) is 5.69 Å². The molecule has 1 atom stereocenters. The summed E-state index contributed by atoms with van der Waals surface area (Å²) in [6.07, 6.45) is 3.71. The summed E-state index contributed by atoms with van der Waals surface area (Å²) in [6, 6.07) is 9.21. The van der Waals surface area contributed by atoms with Gasteiger partial charge < -0.3 is 10.2 Å². The Labute approximate surface area is 116 Å². The van der Waals surface area contributed by atoms with Gasteiger partial charge in [0.1, 0.15) is 0 Å². The third-order valence-corrected chi connectivity index (χ3v) is 3.72. The van der Waals surface area contributed by atoms with E-state index in [2.05, 4.69) is 41.4 Å². The van der Waals surface area contributed by atoms with Crippen LogP contribution >= 0.6 is 0 Å². The Morgan fingerprint density at radius 3 is 3.00 bits per heavy atom. The highest BCUT2D eigenvalue weighted by molar-refractivity contribution is 5.75. The number of carbonyl (C=O) groups excluding carboxylic acids is 1. The van der Waals surface area contributed by atoms with Crippen LogP contribution in [0.15, 0.2) is 24.3 Å². The molecule has 0 fully saturated rings. The van der Waals surface area contributed by atoms with Gasteiger partial charge in [-0.05, 0) is 37.8 Å². The number of nitrogens with one attached hydrogen (secondary N) is 1. The number of carbonyl (C=O) groups is 1. The van der Waals surface area contributed by atoms with E-state index in [1.807, 2.05) is 6.92 Å². The summed E-state index contributed by atoms with van der Waals surface area (Å²) >= 11 is 0. The fourth-order valence-corrected chi connectivity index (χ4v) is 2.76. The van der Waals surface area contributed by atoms with E-state index in [1.54, 1.807) is 0 Å². The molecule has 0 aromatic heterocycles. The smallest absolute Gasteiger partial charge is 0.219 e. The van der Waals surface area contributed by atoms with Crippen LogP contribution in [0.1, 0.15) is 38.7 Å². The third-order valence-electron chi connectivity index (χ3n) is 3.72. The highest BCUT2D eigenvalue weighted by atomic mass is 16.1. The molecule has 0 saturated carbocycles. The minimum atomic E-state index is 0.178. The van der Waals surface area contributed by atoms with Crippen LogP contribution < -0.4 is 10.2 Å². The Morgan fingerprint density at radius 2 is 2.21 bits per heavy atom. The van der Waals surface area contributed by atoms with E-state index >= 15 is 0 Å². The fraction of sp³-hybridized carbons (Fsp3) is 0.562. The van der Waals surface area contributed by atoms with E-state index in [-0.39, 0.29) is 5.91 Å². The molecular formula is C16H24N2O. The lowest BCUT2D eigenvalue weighted by Crippen LogP contribution is -2.33. The first kappa shape index (κ1) is 13.9. The van der Waals surface area contributed by atoms with Crippen molar-refractivity contribution in [3.05, 3.63) is 29.8 Å². The Morgan fingerprint density at radius 1 is 1.42 bits per heavy atom. The van der Waals surface area contributed by atoms with Gasteiger partial charge in [-0.15, -0.1) is 0 Å². The average molecular weight is 260 g/mol. The Balaban J connectivity index is 1.79. The number of amides is 1. The monoisotopic (exact) mass is 260 g/mol. The van der Waals surface area contributed by atoms with E-state index in [0.29, 0.717) is 12.5 Å². The summed E-state index contributed by atoms with van der Waals surface area (Å²) in [5.41, 5.74) is 2.82. The van der Waals surface area contributed by atoms with Crippen LogP contribution in [-0.2, 0) is 11.2 Å². The molecule has 1 N–H and O–H groups in total. The van der Waals surface area contributed by atoms with E-state index in [4.69, 9.17) is 0 Å². The topological polar surface area (TPSA) is 32.3 Å². The van der Waals surface area contributed by atoms with Crippen LogP contribution in [0, 0.1) is 0 Å². The van der Waals surface area contributed by atoms with Crippen molar-refractivity contribution in [1.29, 1.82) is 0 Å². The quantitative estimate of drug-likeness (QED) is 0.798. The van der Waals surface area contributed by atoms with Gasteiger partial charge >= 0.3 is 0 Å². The molecule has 1 heterocycles. The average Bonchev–Trinajstić information content (AvgIpc) is 2.71. The molecule has 1 aliphatic heterocycles. The van der Waals surface area contributed by atoms with Crippen molar-refractivity contribution in [1.82, 2.24) is 5.32 Å². The van der Waals surface area contributed by atoms with Gasteiger partial charge in [0, 0.05) is 31.2 Å². The number of hydrogen-bond acceptors (Lipinski definition) is 2. The summed E-state index contributed by atoms with van der Waals surface area (Å²) < 4.78 is 0. The first-order valence-electron chi connectivity index (χ1n) is 7.33. The van der Waals surface area contributed by atoms with Crippen molar-refractivity contribution < 1.29 is 4.79 Å². The first-order valence-corrected chi connectivity index (χ1v) is 7.33. The van der Waals surface area contributed by atoms with Gasteiger partial charge in [0.15, 0.2) is 0 Å². The van der Waals surface area contributed by atoms with Crippen molar-refractivity contribution in [2.45, 2.75) is 45.6 Å². The lowest BCUT2D eigenvalue weighted by Gasteiger charge is -2.24. The zero-order valence-corrected chi connectivity index (χ0v) is 12.0. The Kier molecular flexibility index (Phi) is 4.83. The van der Waals surface area contributed by atoms with Crippen LogP contribution in [-0.4, -0.2) is 25.0 Å². The lowest BCUT2D eigenvalue weighted by molar-refractivity contribution is -0.121. The highest BCUT2D eigenvalue weighted by Crippen LogP contribution is 2.31. The standard InChI is InChI=1S/C16H24N2O/c1-3-7-16(19)17-10-6-11-18-13(2)12-14-8-4-5-9-15(14)18/h4-5,8-9,13H,3,6-7,10-12H2,1-2H3,(H,17,19)/t13-/m1/s1. The summed E-state index contributed by atoms with van der Waals surface area (Å²) in [5, 5.41) is 2.98. The molecular weight excluding hydrogens is 236 g/mol. The number of anilines is 1. The number of fused-ring (bicyclic) bond motifs is 1. The molecule has 104 valence electrons. The molecule has 0 unspecified atom stereocenters. The van der Waals surface area contributed by atoms with Crippen molar-refractivity contribution in [3.63, 3.8) is 0 Å². The predicted octanol–water partition coefficient (Wildman–Crippen LogP) is 2.74. The molecule has 3 heteroatoms. The molecule has 0 saturated heterocycles. The maximum Gasteiger partial charge on any atom is 0.219 e. The van der Waals surface area contributed by atoms with Crippen LogP contribution in [0.2, 0.25) is 0 Å². The second-order valence-corrected chi connectivity index (χ2v) is 5.33. The lowest BCUT2D eigenvalue weighted by atomic mass is 10.1. The van der Waals surface area contributed by atoms with Crippen molar-refractivity contribution in [2.75, 3.05) is 18.0 Å². The minimum absolute atomic E-state index is 0.178. The Hall–Kier alpha value is -1.51. The molecule has 19 heavy (non-hydrogen) atoms. The largest absolute Gasteiger partial charge is 0.368 e. The SMILES string of the molecule is CCCC(=O)NCCCN1c2ccccc2C[C@H]1C. The molecule has 1 aromatic carbocycles. The van der Waals surface area contributed by atoms with E-state index in [1.165, 1.54) is 11.3 Å². The number of hydrogen-bond donors (Lipinski definition) is 1. The second-order valence-electron chi connectivity index (χ2n) is 5.33. The van der Waals surface area contributed by atoms with Crippen LogP contribution in [0.25, 0.3) is 0 Å². The van der Waals surface area contributed by atoms with Gasteiger partial charge in [0.2, 0.25) is 5.91 Å². The van der Waals surface area contributed by atoms with Crippen LogP contribution in [0.3, 0.4) is 0 Å². The molecule has 0 radical (unpaired) electrons. The normalized spacial score (nSPS) is 17.4. The van der Waals surface area contributed by atoms with Crippen molar-refractivity contribution in [2.24, 2.45) is 0 Å². The predicted molar refractivity (Wildman–Crippen MR) is 79.5 cm³/mol.